The Bertz CT molecular complexity index is 1100. The third-order valence-electron chi connectivity index (χ3n) is 8.26. The summed E-state index contributed by atoms with van der Waals surface area (Å²) < 4.78 is 39.9. The lowest BCUT2D eigenvalue weighted by molar-refractivity contribution is -0.138. The van der Waals surface area contributed by atoms with Crippen molar-refractivity contribution in [1.82, 2.24) is 14.9 Å². The first-order valence-electron chi connectivity index (χ1n) is 13.8. The van der Waals surface area contributed by atoms with Crippen LogP contribution in [-0.2, 0) is 16.1 Å². The molecule has 2 aliphatic heterocycles. The Kier molecular flexibility index (Phi) is 9.47. The Balaban J connectivity index is 1.27. The molecule has 1 spiro atoms. The second-order valence-electron chi connectivity index (χ2n) is 11.2. The highest BCUT2D eigenvalue weighted by atomic mass is 32.2. The summed E-state index contributed by atoms with van der Waals surface area (Å²) in [7, 11) is 0. The normalized spacial score (nSPS) is 23.7. The van der Waals surface area contributed by atoms with Crippen LogP contribution in [0.25, 0.3) is 6.08 Å². The molecule has 2 fully saturated rings. The number of hydrogen-bond donors (Lipinski definition) is 2. The van der Waals surface area contributed by atoms with Crippen LogP contribution in [0.15, 0.2) is 22.5 Å². The monoisotopic (exact) mass is 564 g/mol. The van der Waals surface area contributed by atoms with E-state index in [4.69, 9.17) is 4.99 Å². The molecular weight excluding hydrogens is 525 g/mol. The van der Waals surface area contributed by atoms with Crippen LogP contribution in [-0.4, -0.2) is 46.8 Å². The molecule has 1 saturated carbocycles. The van der Waals surface area contributed by atoms with E-state index >= 15 is 0 Å². The number of halogens is 3. The highest BCUT2D eigenvalue weighted by Gasteiger charge is 2.47. The van der Waals surface area contributed by atoms with Crippen molar-refractivity contribution >= 4 is 35.7 Å². The Morgan fingerprint density at radius 2 is 1.82 bits per heavy atom. The molecule has 2 N–H and O–H groups in total. The number of rotatable bonds is 8. The van der Waals surface area contributed by atoms with Crippen LogP contribution in [0, 0.1) is 25.7 Å². The zero-order valence-electron chi connectivity index (χ0n) is 23.0. The Morgan fingerprint density at radius 1 is 1.18 bits per heavy atom. The van der Waals surface area contributed by atoms with Crippen molar-refractivity contribution in [3.8, 4) is 0 Å². The van der Waals surface area contributed by atoms with E-state index in [0.29, 0.717) is 19.4 Å². The standard InChI is InChI=1S/C29H39F3N4O2S/c1-19-16-23(18-33-21(3)37)17-20(2)25(19)9-15-39-36-13-11-28(12-14-36)27(38)34-26(35-28)24-6-4-22(5-7-24)8-10-29(30,31)32/h9,15-17,22,24H,4-8,10-14,18H2,1-3H3,(H,33,37)(H,34,35,38)/b15-9+. The molecule has 4 rings (SSSR count). The van der Waals surface area contributed by atoms with Gasteiger partial charge in [0.05, 0.1) is 0 Å². The van der Waals surface area contributed by atoms with E-state index in [2.05, 4.69) is 52.4 Å². The van der Waals surface area contributed by atoms with Gasteiger partial charge in [-0.05, 0) is 98.4 Å². The lowest BCUT2D eigenvalue weighted by Gasteiger charge is -2.34. The summed E-state index contributed by atoms with van der Waals surface area (Å²) in [5.41, 5.74) is 3.85. The van der Waals surface area contributed by atoms with Gasteiger partial charge in [0.15, 0.2) is 0 Å². The number of hydrogen-bond acceptors (Lipinski definition) is 5. The Hall–Kier alpha value is -2.33. The summed E-state index contributed by atoms with van der Waals surface area (Å²) in [6, 6.07) is 4.20. The molecule has 2 amide bonds. The minimum absolute atomic E-state index is 0.0255. The van der Waals surface area contributed by atoms with Crippen molar-refractivity contribution in [2.24, 2.45) is 16.8 Å². The SMILES string of the molecule is CC(=O)NCc1cc(C)c(/C=C/SN2CCC3(CC2)N=C(C2CCC(CCC(F)(F)F)CC2)NC3=O)c(C)c1. The fourth-order valence-electron chi connectivity index (χ4n) is 5.97. The summed E-state index contributed by atoms with van der Waals surface area (Å²) in [5.74, 6) is 0.932. The van der Waals surface area contributed by atoms with Gasteiger partial charge in [-0.3, -0.25) is 14.6 Å². The molecule has 0 bridgehead atoms. The van der Waals surface area contributed by atoms with Crippen molar-refractivity contribution in [2.75, 3.05) is 13.1 Å². The maximum absolute atomic E-state index is 13.0. The second-order valence-corrected chi connectivity index (χ2v) is 12.2. The highest BCUT2D eigenvalue weighted by Crippen LogP contribution is 2.38. The van der Waals surface area contributed by atoms with Gasteiger partial charge in [-0.1, -0.05) is 24.1 Å². The molecule has 1 aromatic carbocycles. The summed E-state index contributed by atoms with van der Waals surface area (Å²) in [6.07, 6.45) is 1.92. The van der Waals surface area contributed by atoms with Crippen LogP contribution in [0.4, 0.5) is 13.2 Å². The smallest absolute Gasteiger partial charge is 0.352 e. The Morgan fingerprint density at radius 3 is 2.41 bits per heavy atom. The van der Waals surface area contributed by atoms with Crippen LogP contribution < -0.4 is 10.6 Å². The molecule has 2 heterocycles. The molecule has 3 aliphatic rings. The number of amidine groups is 1. The van der Waals surface area contributed by atoms with Gasteiger partial charge in [0.25, 0.3) is 5.91 Å². The van der Waals surface area contributed by atoms with Gasteiger partial charge >= 0.3 is 6.18 Å². The van der Waals surface area contributed by atoms with Crippen LogP contribution in [0.3, 0.4) is 0 Å². The van der Waals surface area contributed by atoms with Gasteiger partial charge < -0.3 is 10.6 Å². The molecule has 0 atom stereocenters. The topological polar surface area (TPSA) is 73.8 Å². The molecule has 0 unspecified atom stereocenters. The number of piperidine rings is 1. The fraction of sp³-hybridized carbons (Fsp3) is 0.621. The quantitative estimate of drug-likeness (QED) is 0.376. The Labute approximate surface area is 233 Å². The van der Waals surface area contributed by atoms with Crippen LogP contribution in [0.2, 0.25) is 0 Å². The molecule has 214 valence electrons. The number of aliphatic imine (C=N–C) groups is 1. The fourth-order valence-corrected chi connectivity index (χ4v) is 6.73. The maximum atomic E-state index is 13.0. The highest BCUT2D eigenvalue weighted by molar-refractivity contribution is 8.00. The number of aryl methyl sites for hydroxylation is 2. The van der Waals surface area contributed by atoms with E-state index in [1.807, 2.05) is 0 Å². The number of nitrogens with zero attached hydrogens (tertiary/aromatic N) is 2. The van der Waals surface area contributed by atoms with E-state index in [9.17, 15) is 22.8 Å². The van der Waals surface area contributed by atoms with Crippen molar-refractivity contribution in [3.05, 3.63) is 39.8 Å². The molecule has 0 aromatic heterocycles. The third-order valence-corrected chi connectivity index (χ3v) is 9.18. The summed E-state index contributed by atoms with van der Waals surface area (Å²) in [6.45, 7) is 7.67. The van der Waals surface area contributed by atoms with Crippen molar-refractivity contribution in [3.63, 3.8) is 0 Å². The number of alkyl halides is 3. The maximum Gasteiger partial charge on any atom is 0.389 e. The van der Waals surface area contributed by atoms with Crippen LogP contribution in [0.1, 0.15) is 80.5 Å². The summed E-state index contributed by atoms with van der Waals surface area (Å²) in [4.78, 5) is 29.1. The zero-order chi connectivity index (χ0) is 28.2. The second kappa shape index (κ2) is 12.5. The molecule has 1 aliphatic carbocycles. The predicted octanol–water partition coefficient (Wildman–Crippen LogP) is 6.07. The molecule has 1 saturated heterocycles. The molecule has 0 radical (unpaired) electrons. The minimum atomic E-state index is -4.09. The van der Waals surface area contributed by atoms with Gasteiger partial charge in [-0.25, -0.2) is 4.31 Å². The van der Waals surface area contributed by atoms with Crippen LogP contribution in [0.5, 0.6) is 0 Å². The number of benzene rings is 1. The van der Waals surface area contributed by atoms with Crippen molar-refractivity contribution in [2.45, 2.75) is 90.4 Å². The van der Waals surface area contributed by atoms with E-state index in [0.717, 1.165) is 61.3 Å². The largest absolute Gasteiger partial charge is 0.389 e. The minimum Gasteiger partial charge on any atom is -0.352 e. The van der Waals surface area contributed by atoms with E-state index in [-0.39, 0.29) is 30.1 Å². The lowest BCUT2D eigenvalue weighted by Crippen LogP contribution is -2.47. The summed E-state index contributed by atoms with van der Waals surface area (Å²) >= 11 is 1.64. The first kappa shape index (κ1) is 29.6. The predicted molar refractivity (Wildman–Crippen MR) is 150 cm³/mol. The molecule has 6 nitrogen and oxygen atoms in total. The number of nitrogens with one attached hydrogen (secondary N) is 2. The molecule has 1 aromatic rings. The molecular formula is C29H39F3N4O2S. The summed E-state index contributed by atoms with van der Waals surface area (Å²) in [5, 5.41) is 7.96. The third kappa shape index (κ3) is 7.87. The lowest BCUT2D eigenvalue weighted by atomic mass is 9.79. The van der Waals surface area contributed by atoms with Gasteiger partial charge in [-0.2, -0.15) is 13.2 Å². The van der Waals surface area contributed by atoms with E-state index in [1.54, 1.807) is 11.9 Å². The first-order chi connectivity index (χ1) is 18.4. The van der Waals surface area contributed by atoms with Crippen LogP contribution >= 0.6 is 11.9 Å². The van der Waals surface area contributed by atoms with Gasteiger partial charge in [0, 0.05) is 38.9 Å². The zero-order valence-corrected chi connectivity index (χ0v) is 23.8. The first-order valence-corrected chi connectivity index (χ1v) is 14.7. The number of carbonyl (C=O) groups is 2. The van der Waals surface area contributed by atoms with Crippen molar-refractivity contribution < 1.29 is 22.8 Å². The van der Waals surface area contributed by atoms with E-state index < -0.39 is 18.1 Å². The molecule has 39 heavy (non-hydrogen) atoms. The van der Waals surface area contributed by atoms with Gasteiger partial charge in [0.1, 0.15) is 11.4 Å². The van der Waals surface area contributed by atoms with Gasteiger partial charge in [0.2, 0.25) is 5.91 Å². The molecule has 10 heteroatoms. The van der Waals surface area contributed by atoms with Gasteiger partial charge in [-0.15, -0.1) is 0 Å². The van der Waals surface area contributed by atoms with Crippen molar-refractivity contribution in [1.29, 1.82) is 0 Å². The van der Waals surface area contributed by atoms with E-state index in [1.165, 1.54) is 12.5 Å². The number of carbonyl (C=O) groups excluding carboxylic acids is 2. The number of amides is 2. The average Bonchev–Trinajstić information content (AvgIpc) is 3.19. The average molecular weight is 565 g/mol.